The van der Waals surface area contributed by atoms with Crippen LogP contribution in [-0.4, -0.2) is 38.6 Å². The summed E-state index contributed by atoms with van der Waals surface area (Å²) < 4.78 is 19.0. The predicted molar refractivity (Wildman–Crippen MR) is 109 cm³/mol. The van der Waals surface area contributed by atoms with Crippen LogP contribution < -0.4 is 10.1 Å². The molecule has 1 amide bonds. The molecule has 0 spiro atoms. The third kappa shape index (κ3) is 4.20. The number of nitrogens with zero attached hydrogens (tertiary/aromatic N) is 1. The first-order valence-electron chi connectivity index (χ1n) is 9.81. The van der Waals surface area contributed by atoms with Crippen LogP contribution in [0.4, 0.5) is 4.39 Å². The van der Waals surface area contributed by atoms with Crippen LogP contribution in [0.5, 0.6) is 5.75 Å². The van der Waals surface area contributed by atoms with Gasteiger partial charge < -0.3 is 15.0 Å². The molecule has 1 N–H and O–H groups in total. The highest BCUT2D eigenvalue weighted by Crippen LogP contribution is 2.41. The fourth-order valence-electron chi connectivity index (χ4n) is 4.19. The van der Waals surface area contributed by atoms with Crippen LogP contribution in [0.15, 0.2) is 48.5 Å². The highest BCUT2D eigenvalue weighted by Gasteiger charge is 2.42. The summed E-state index contributed by atoms with van der Waals surface area (Å²) in [5.74, 6) is 0.512. The number of ether oxygens (including phenoxy) is 1. The van der Waals surface area contributed by atoms with Crippen molar-refractivity contribution in [2.45, 2.75) is 37.1 Å². The summed E-state index contributed by atoms with van der Waals surface area (Å²) >= 11 is 0. The summed E-state index contributed by atoms with van der Waals surface area (Å²) in [7, 11) is 5.64. The molecule has 1 fully saturated rings. The summed E-state index contributed by atoms with van der Waals surface area (Å²) in [5.41, 5.74) is 1.27. The maximum absolute atomic E-state index is 13.8. The minimum Gasteiger partial charge on any atom is -0.497 e. The van der Waals surface area contributed by atoms with Gasteiger partial charge in [-0.25, -0.2) is 4.39 Å². The van der Waals surface area contributed by atoms with Crippen LogP contribution in [0, 0.1) is 5.82 Å². The molecule has 0 saturated heterocycles. The standard InChI is InChI=1S/C23H29FN2O2/c1-26(2)21(17-9-11-20(28-3)12-10-17)16-25-22(27)23(13-4-5-14-23)18-7-6-8-19(24)15-18/h6-12,15,21H,4-5,13-14,16H2,1-3H3,(H,25,27). The number of hydrogen-bond acceptors (Lipinski definition) is 3. The second-order valence-electron chi connectivity index (χ2n) is 7.76. The van der Waals surface area contributed by atoms with Gasteiger partial charge in [0.2, 0.25) is 5.91 Å². The normalized spacial score (nSPS) is 16.8. The van der Waals surface area contributed by atoms with Gasteiger partial charge in [0.25, 0.3) is 0 Å². The van der Waals surface area contributed by atoms with Gasteiger partial charge in [-0.1, -0.05) is 37.1 Å². The zero-order valence-electron chi connectivity index (χ0n) is 16.9. The first kappa shape index (κ1) is 20.3. The lowest BCUT2D eigenvalue weighted by molar-refractivity contribution is -0.126. The number of carbonyl (C=O) groups is 1. The topological polar surface area (TPSA) is 41.6 Å². The Morgan fingerprint density at radius 1 is 1.18 bits per heavy atom. The van der Waals surface area contributed by atoms with Crippen LogP contribution in [0.3, 0.4) is 0 Å². The van der Waals surface area contributed by atoms with Crippen molar-refractivity contribution in [2.75, 3.05) is 27.7 Å². The van der Waals surface area contributed by atoms with Crippen molar-refractivity contribution in [3.8, 4) is 5.75 Å². The smallest absolute Gasteiger partial charge is 0.230 e. The van der Waals surface area contributed by atoms with Gasteiger partial charge in [-0.3, -0.25) is 4.79 Å². The summed E-state index contributed by atoms with van der Waals surface area (Å²) in [4.78, 5) is 15.4. The van der Waals surface area contributed by atoms with Gasteiger partial charge in [-0.15, -0.1) is 0 Å². The molecule has 1 atom stereocenters. The Morgan fingerprint density at radius 2 is 1.86 bits per heavy atom. The Labute approximate surface area is 166 Å². The highest BCUT2D eigenvalue weighted by molar-refractivity contribution is 5.88. The second-order valence-corrected chi connectivity index (χ2v) is 7.76. The number of likely N-dealkylation sites (N-methyl/N-ethyl adjacent to an activating group) is 1. The van der Waals surface area contributed by atoms with E-state index in [2.05, 4.69) is 10.2 Å². The Bertz CT molecular complexity index is 799. The maximum atomic E-state index is 13.8. The van der Waals surface area contributed by atoms with Crippen LogP contribution in [0.2, 0.25) is 0 Å². The van der Waals surface area contributed by atoms with Crippen molar-refractivity contribution in [1.82, 2.24) is 10.2 Å². The lowest BCUT2D eigenvalue weighted by Crippen LogP contribution is -2.45. The van der Waals surface area contributed by atoms with Crippen molar-refractivity contribution < 1.29 is 13.9 Å². The number of rotatable bonds is 7. The van der Waals surface area contributed by atoms with Gasteiger partial charge in [0.05, 0.1) is 18.6 Å². The van der Waals surface area contributed by atoms with E-state index in [-0.39, 0.29) is 17.8 Å². The molecular formula is C23H29FN2O2. The maximum Gasteiger partial charge on any atom is 0.230 e. The van der Waals surface area contributed by atoms with E-state index in [1.807, 2.05) is 44.4 Å². The second kappa shape index (κ2) is 8.74. The van der Waals surface area contributed by atoms with Crippen molar-refractivity contribution in [3.05, 3.63) is 65.5 Å². The molecule has 4 nitrogen and oxygen atoms in total. The van der Waals surface area contributed by atoms with Crippen LogP contribution >= 0.6 is 0 Å². The minimum absolute atomic E-state index is 0.00374. The van der Waals surface area contributed by atoms with Crippen LogP contribution in [-0.2, 0) is 10.2 Å². The monoisotopic (exact) mass is 384 g/mol. The summed E-state index contributed by atoms with van der Waals surface area (Å²) in [5, 5.41) is 3.16. The van der Waals surface area contributed by atoms with Crippen molar-refractivity contribution >= 4 is 5.91 Å². The third-order valence-corrected chi connectivity index (χ3v) is 5.85. The molecule has 3 rings (SSSR count). The summed E-state index contributed by atoms with van der Waals surface area (Å²) in [6, 6.07) is 14.5. The van der Waals surface area contributed by atoms with E-state index in [9.17, 15) is 9.18 Å². The first-order chi connectivity index (χ1) is 13.5. The molecule has 0 aliphatic heterocycles. The van der Waals surface area contributed by atoms with E-state index >= 15 is 0 Å². The summed E-state index contributed by atoms with van der Waals surface area (Å²) in [6.45, 7) is 0.495. The zero-order valence-corrected chi connectivity index (χ0v) is 16.9. The molecule has 1 aliphatic rings. The highest BCUT2D eigenvalue weighted by atomic mass is 19.1. The van der Waals surface area contributed by atoms with Gasteiger partial charge >= 0.3 is 0 Å². The SMILES string of the molecule is COc1ccc(C(CNC(=O)C2(c3cccc(F)c3)CCCC2)N(C)C)cc1. The molecule has 1 unspecified atom stereocenters. The molecule has 5 heteroatoms. The molecule has 150 valence electrons. The van der Waals surface area contributed by atoms with Crippen molar-refractivity contribution in [3.63, 3.8) is 0 Å². The number of carbonyl (C=O) groups excluding carboxylic acids is 1. The van der Waals surface area contributed by atoms with Crippen LogP contribution in [0.1, 0.15) is 42.9 Å². The van der Waals surface area contributed by atoms with Gasteiger partial charge in [-0.2, -0.15) is 0 Å². The zero-order chi connectivity index (χ0) is 20.1. The Hall–Kier alpha value is -2.40. The van der Waals surface area contributed by atoms with Gasteiger partial charge in [-0.05, 0) is 62.3 Å². The van der Waals surface area contributed by atoms with Crippen molar-refractivity contribution in [1.29, 1.82) is 0 Å². The Balaban J connectivity index is 1.77. The predicted octanol–water partition coefficient (Wildman–Crippen LogP) is 4.07. The number of amides is 1. The van der Waals surface area contributed by atoms with E-state index in [4.69, 9.17) is 4.74 Å². The van der Waals surface area contributed by atoms with E-state index in [1.54, 1.807) is 13.2 Å². The third-order valence-electron chi connectivity index (χ3n) is 5.85. The lowest BCUT2D eigenvalue weighted by Gasteiger charge is -2.31. The molecular weight excluding hydrogens is 355 g/mol. The number of methoxy groups -OCH3 is 1. The lowest BCUT2D eigenvalue weighted by atomic mass is 9.78. The quantitative estimate of drug-likeness (QED) is 0.783. The minimum atomic E-state index is -0.626. The molecule has 2 aromatic rings. The first-order valence-corrected chi connectivity index (χ1v) is 9.81. The average molecular weight is 384 g/mol. The van der Waals surface area contributed by atoms with E-state index in [0.29, 0.717) is 6.54 Å². The van der Waals surface area contributed by atoms with Gasteiger partial charge in [0.1, 0.15) is 11.6 Å². The fraction of sp³-hybridized carbons (Fsp3) is 0.435. The molecule has 1 aliphatic carbocycles. The number of hydrogen-bond donors (Lipinski definition) is 1. The molecule has 28 heavy (non-hydrogen) atoms. The van der Waals surface area contributed by atoms with E-state index < -0.39 is 5.41 Å². The Kier molecular flexibility index (Phi) is 6.35. The molecule has 0 heterocycles. The average Bonchev–Trinajstić information content (AvgIpc) is 3.19. The van der Waals surface area contributed by atoms with Crippen molar-refractivity contribution in [2.24, 2.45) is 0 Å². The van der Waals surface area contributed by atoms with E-state index in [1.165, 1.54) is 12.1 Å². The van der Waals surface area contributed by atoms with Crippen LogP contribution in [0.25, 0.3) is 0 Å². The largest absolute Gasteiger partial charge is 0.497 e. The molecule has 1 saturated carbocycles. The number of halogens is 1. The van der Waals surface area contributed by atoms with E-state index in [0.717, 1.165) is 42.6 Å². The molecule has 0 bridgehead atoms. The number of benzene rings is 2. The molecule has 0 radical (unpaired) electrons. The molecule has 2 aromatic carbocycles. The fourth-order valence-corrected chi connectivity index (χ4v) is 4.19. The molecule has 0 aromatic heterocycles. The van der Waals surface area contributed by atoms with Gasteiger partial charge in [0.15, 0.2) is 0 Å². The number of nitrogens with one attached hydrogen (secondary N) is 1. The summed E-state index contributed by atoms with van der Waals surface area (Å²) in [6.07, 6.45) is 3.49. The van der Waals surface area contributed by atoms with Gasteiger partial charge in [0, 0.05) is 6.54 Å². The Morgan fingerprint density at radius 3 is 2.43 bits per heavy atom.